The van der Waals surface area contributed by atoms with E-state index in [1.807, 2.05) is 42.5 Å². The third-order valence-corrected chi connectivity index (χ3v) is 2.60. The summed E-state index contributed by atoms with van der Waals surface area (Å²) in [7, 11) is 1.21. The molecule has 4 heteroatoms. The number of rotatable bonds is 2. The Morgan fingerprint density at radius 1 is 1.22 bits per heavy atom. The zero-order valence-corrected chi connectivity index (χ0v) is 9.79. The van der Waals surface area contributed by atoms with Crippen molar-refractivity contribution in [2.24, 2.45) is 0 Å². The van der Waals surface area contributed by atoms with Gasteiger partial charge < -0.3 is 9.47 Å². The van der Waals surface area contributed by atoms with Crippen LogP contribution in [0.15, 0.2) is 42.5 Å². The van der Waals surface area contributed by atoms with Crippen LogP contribution in [-0.4, -0.2) is 13.3 Å². The average molecular weight is 241 g/mol. The maximum Gasteiger partial charge on any atom is 0.509 e. The molecule has 0 radical (unpaired) electrons. The molecule has 0 heterocycles. The molecule has 2 aromatic carbocycles. The molecule has 0 aliphatic carbocycles. The third kappa shape index (κ3) is 2.25. The van der Waals surface area contributed by atoms with Gasteiger partial charge in [-0.2, -0.15) is 5.26 Å². The van der Waals surface area contributed by atoms with Crippen molar-refractivity contribution in [3.63, 3.8) is 0 Å². The van der Waals surface area contributed by atoms with Gasteiger partial charge in [0.2, 0.25) is 6.10 Å². The first-order chi connectivity index (χ1) is 8.76. The van der Waals surface area contributed by atoms with Gasteiger partial charge in [0, 0.05) is 5.56 Å². The average Bonchev–Trinajstić information content (AvgIpc) is 2.44. The van der Waals surface area contributed by atoms with Crippen molar-refractivity contribution in [3.8, 4) is 6.07 Å². The molecular weight excluding hydrogens is 230 g/mol. The lowest BCUT2D eigenvalue weighted by Gasteiger charge is -2.12. The van der Waals surface area contributed by atoms with Crippen molar-refractivity contribution in [2.45, 2.75) is 6.10 Å². The Bertz CT molecular complexity index is 610. The fraction of sp³-hybridized carbons (Fsp3) is 0.143. The molecular formula is C14H11NO3. The van der Waals surface area contributed by atoms with Crippen LogP contribution in [0.1, 0.15) is 11.7 Å². The van der Waals surface area contributed by atoms with Crippen molar-refractivity contribution in [1.82, 2.24) is 0 Å². The summed E-state index contributed by atoms with van der Waals surface area (Å²) in [5.41, 5.74) is 0.654. The van der Waals surface area contributed by atoms with Crippen LogP contribution in [0.5, 0.6) is 0 Å². The number of benzene rings is 2. The number of fused-ring (bicyclic) bond motifs is 1. The van der Waals surface area contributed by atoms with Crippen LogP contribution in [0.4, 0.5) is 4.79 Å². The number of nitrogens with zero attached hydrogens (tertiary/aromatic N) is 1. The molecule has 0 spiro atoms. The van der Waals surface area contributed by atoms with Gasteiger partial charge >= 0.3 is 6.16 Å². The number of carbonyl (C=O) groups excluding carboxylic acids is 1. The Labute approximate surface area is 104 Å². The van der Waals surface area contributed by atoms with E-state index in [0.717, 1.165) is 10.8 Å². The van der Waals surface area contributed by atoms with Gasteiger partial charge in [0.15, 0.2) is 0 Å². The van der Waals surface area contributed by atoms with Crippen LogP contribution in [0.2, 0.25) is 0 Å². The number of hydrogen-bond donors (Lipinski definition) is 0. The fourth-order valence-electron chi connectivity index (χ4n) is 1.78. The van der Waals surface area contributed by atoms with E-state index < -0.39 is 12.3 Å². The quantitative estimate of drug-likeness (QED) is 0.757. The lowest BCUT2D eigenvalue weighted by Crippen LogP contribution is -2.10. The fourth-order valence-corrected chi connectivity index (χ4v) is 1.78. The number of nitriles is 1. The number of carbonyl (C=O) groups is 1. The van der Waals surface area contributed by atoms with Crippen molar-refractivity contribution >= 4 is 16.9 Å². The minimum Gasteiger partial charge on any atom is -0.438 e. The van der Waals surface area contributed by atoms with E-state index in [4.69, 9.17) is 10.00 Å². The van der Waals surface area contributed by atoms with Crippen LogP contribution >= 0.6 is 0 Å². The van der Waals surface area contributed by atoms with E-state index >= 15 is 0 Å². The lowest BCUT2D eigenvalue weighted by molar-refractivity contribution is 0.0548. The van der Waals surface area contributed by atoms with Gasteiger partial charge in [0.1, 0.15) is 6.07 Å². The smallest absolute Gasteiger partial charge is 0.438 e. The summed E-state index contributed by atoms with van der Waals surface area (Å²) in [5, 5.41) is 11.0. The van der Waals surface area contributed by atoms with Crippen molar-refractivity contribution in [1.29, 1.82) is 5.26 Å². The Hall–Kier alpha value is -2.54. The number of methoxy groups -OCH3 is 1. The monoisotopic (exact) mass is 241 g/mol. The Morgan fingerprint density at radius 3 is 2.67 bits per heavy atom. The molecule has 0 fully saturated rings. The minimum atomic E-state index is -0.969. The Kier molecular flexibility index (Phi) is 3.44. The molecule has 0 saturated carbocycles. The summed E-state index contributed by atoms with van der Waals surface area (Å²) >= 11 is 0. The van der Waals surface area contributed by atoms with E-state index in [-0.39, 0.29) is 0 Å². The van der Waals surface area contributed by atoms with Crippen molar-refractivity contribution in [3.05, 3.63) is 48.0 Å². The number of ether oxygens (including phenoxy) is 2. The molecule has 0 bridgehead atoms. The highest BCUT2D eigenvalue weighted by Gasteiger charge is 2.18. The maximum atomic E-state index is 11.1. The predicted octanol–water partition coefficient (Wildman–Crippen LogP) is 3.19. The molecule has 90 valence electrons. The number of hydrogen-bond acceptors (Lipinski definition) is 4. The van der Waals surface area contributed by atoms with Gasteiger partial charge in [0.05, 0.1) is 7.11 Å². The molecule has 2 aromatic rings. The highest BCUT2D eigenvalue weighted by atomic mass is 16.7. The molecule has 0 aromatic heterocycles. The van der Waals surface area contributed by atoms with Gasteiger partial charge in [0.25, 0.3) is 0 Å². The molecule has 1 atom stereocenters. The Morgan fingerprint density at radius 2 is 1.94 bits per heavy atom. The molecule has 0 saturated heterocycles. The van der Waals surface area contributed by atoms with Crippen molar-refractivity contribution in [2.75, 3.05) is 7.11 Å². The molecule has 0 N–H and O–H groups in total. The second-order valence-electron chi connectivity index (χ2n) is 3.65. The normalized spacial score (nSPS) is 11.6. The summed E-state index contributed by atoms with van der Waals surface area (Å²) in [6.45, 7) is 0. The van der Waals surface area contributed by atoms with Crippen LogP contribution in [0, 0.1) is 11.3 Å². The first-order valence-corrected chi connectivity index (χ1v) is 5.38. The van der Waals surface area contributed by atoms with Gasteiger partial charge in [-0.05, 0) is 10.8 Å². The molecule has 0 aliphatic rings. The highest BCUT2D eigenvalue weighted by Crippen LogP contribution is 2.26. The predicted molar refractivity (Wildman–Crippen MR) is 65.8 cm³/mol. The van der Waals surface area contributed by atoms with Gasteiger partial charge in [-0.15, -0.1) is 0 Å². The van der Waals surface area contributed by atoms with E-state index in [9.17, 15) is 4.79 Å². The molecule has 0 amide bonds. The maximum absolute atomic E-state index is 11.1. The summed E-state index contributed by atoms with van der Waals surface area (Å²) in [6, 6.07) is 15.1. The van der Waals surface area contributed by atoms with Gasteiger partial charge in [-0.3, -0.25) is 0 Å². The molecule has 4 nitrogen and oxygen atoms in total. The first-order valence-electron chi connectivity index (χ1n) is 5.38. The van der Waals surface area contributed by atoms with Crippen LogP contribution in [-0.2, 0) is 9.47 Å². The zero-order chi connectivity index (χ0) is 13.0. The molecule has 18 heavy (non-hydrogen) atoms. The molecule has 0 aliphatic heterocycles. The van der Waals surface area contributed by atoms with Crippen LogP contribution in [0.25, 0.3) is 10.8 Å². The molecule has 1 unspecified atom stereocenters. The van der Waals surface area contributed by atoms with E-state index in [1.165, 1.54) is 7.11 Å². The lowest BCUT2D eigenvalue weighted by atomic mass is 10.0. The SMILES string of the molecule is COC(=O)OC(C#N)c1cccc2ccccc12. The largest absolute Gasteiger partial charge is 0.509 e. The highest BCUT2D eigenvalue weighted by molar-refractivity contribution is 5.86. The second-order valence-corrected chi connectivity index (χ2v) is 3.65. The standard InChI is InChI=1S/C14H11NO3/c1-17-14(16)18-13(9-15)12-8-4-6-10-5-2-3-7-11(10)12/h2-8,13H,1H3. The minimum absolute atomic E-state index is 0.654. The zero-order valence-electron chi connectivity index (χ0n) is 9.79. The topological polar surface area (TPSA) is 59.3 Å². The van der Waals surface area contributed by atoms with Gasteiger partial charge in [-0.1, -0.05) is 42.5 Å². The van der Waals surface area contributed by atoms with E-state index in [2.05, 4.69) is 4.74 Å². The van der Waals surface area contributed by atoms with E-state index in [0.29, 0.717) is 5.56 Å². The summed E-state index contributed by atoms with van der Waals surface area (Å²) < 4.78 is 9.32. The van der Waals surface area contributed by atoms with Crippen LogP contribution < -0.4 is 0 Å². The van der Waals surface area contributed by atoms with Gasteiger partial charge in [-0.25, -0.2) is 4.79 Å². The summed E-state index contributed by atoms with van der Waals surface area (Å²) in [4.78, 5) is 11.1. The van der Waals surface area contributed by atoms with E-state index in [1.54, 1.807) is 6.07 Å². The third-order valence-electron chi connectivity index (χ3n) is 2.60. The van der Waals surface area contributed by atoms with Crippen LogP contribution in [0.3, 0.4) is 0 Å². The van der Waals surface area contributed by atoms with Crippen molar-refractivity contribution < 1.29 is 14.3 Å². The molecule has 2 rings (SSSR count). The Balaban J connectivity index is 2.46. The second kappa shape index (κ2) is 5.19. The summed E-state index contributed by atoms with van der Waals surface area (Å²) in [5.74, 6) is 0. The first kappa shape index (κ1) is 11.9. The summed E-state index contributed by atoms with van der Waals surface area (Å²) in [6.07, 6.45) is -1.84.